The highest BCUT2D eigenvalue weighted by Gasteiger charge is 2.19. The zero-order valence-corrected chi connectivity index (χ0v) is 18.0. The molecule has 0 bridgehead atoms. The largest absolute Gasteiger partial charge is 0.369 e. The van der Waals surface area contributed by atoms with Crippen molar-refractivity contribution in [3.8, 4) is 11.3 Å². The fraction of sp³-hybridized carbons (Fsp3) is 0.174. The lowest BCUT2D eigenvalue weighted by Crippen LogP contribution is -2.31. The summed E-state index contributed by atoms with van der Waals surface area (Å²) in [5.41, 5.74) is 2.90. The van der Waals surface area contributed by atoms with Crippen LogP contribution in [0, 0.1) is 0 Å². The molecule has 0 fully saturated rings. The first-order valence-electron chi connectivity index (χ1n) is 9.78. The minimum atomic E-state index is -0.865. The van der Waals surface area contributed by atoms with Gasteiger partial charge in [-0.15, -0.1) is 0 Å². The topological polar surface area (TPSA) is 77.8 Å². The quantitative estimate of drug-likeness (QED) is 0.566. The van der Waals surface area contributed by atoms with Crippen LogP contribution in [0.15, 0.2) is 65.8 Å². The van der Waals surface area contributed by atoms with E-state index in [1.54, 1.807) is 53.8 Å². The molecule has 6 nitrogen and oxygen atoms in total. The van der Waals surface area contributed by atoms with Crippen molar-refractivity contribution in [2.45, 2.75) is 12.6 Å². The van der Waals surface area contributed by atoms with Gasteiger partial charge >= 0.3 is 0 Å². The van der Waals surface area contributed by atoms with E-state index in [1.165, 1.54) is 0 Å². The van der Waals surface area contributed by atoms with Gasteiger partial charge in [0.25, 0.3) is 5.91 Å². The lowest BCUT2D eigenvalue weighted by molar-refractivity contribution is 0.0531. The standard InChI is InChI=1S/C23H20Cl2N4O2/c24-19-8-6-16(13-18(19)21-4-1-2-10-27-21)28-22(30)17-7-5-15(12-20(17)25)23(31)29-11-3-9-26-14-29/h1-2,4-8,10,12-14,23,31H,3,9,11H2,(H,28,30). The zero-order chi connectivity index (χ0) is 21.8. The van der Waals surface area contributed by atoms with E-state index >= 15 is 0 Å². The number of hydrogen-bond donors (Lipinski definition) is 2. The summed E-state index contributed by atoms with van der Waals surface area (Å²) in [6.07, 6.45) is 3.34. The smallest absolute Gasteiger partial charge is 0.257 e. The van der Waals surface area contributed by atoms with Crippen molar-refractivity contribution in [1.82, 2.24) is 9.88 Å². The number of benzene rings is 2. The second kappa shape index (κ2) is 9.47. The third-order valence-electron chi connectivity index (χ3n) is 4.95. The minimum Gasteiger partial charge on any atom is -0.369 e. The zero-order valence-electron chi connectivity index (χ0n) is 16.5. The number of aliphatic imine (C=N–C) groups is 1. The fourth-order valence-corrected chi connectivity index (χ4v) is 3.83. The monoisotopic (exact) mass is 454 g/mol. The molecule has 2 heterocycles. The molecule has 8 heteroatoms. The molecule has 0 saturated heterocycles. The minimum absolute atomic E-state index is 0.252. The molecule has 0 aliphatic carbocycles. The molecule has 0 spiro atoms. The van der Waals surface area contributed by atoms with Crippen molar-refractivity contribution >= 4 is 41.1 Å². The van der Waals surface area contributed by atoms with Crippen LogP contribution in [0.1, 0.15) is 28.6 Å². The van der Waals surface area contributed by atoms with Gasteiger partial charge in [0.2, 0.25) is 0 Å². The van der Waals surface area contributed by atoms with Crippen molar-refractivity contribution in [3.63, 3.8) is 0 Å². The van der Waals surface area contributed by atoms with Gasteiger partial charge in [0.15, 0.2) is 6.23 Å². The summed E-state index contributed by atoms with van der Waals surface area (Å²) in [5, 5.41) is 14.2. The number of amides is 1. The van der Waals surface area contributed by atoms with Crippen LogP contribution in [0.2, 0.25) is 10.0 Å². The molecule has 1 amide bonds. The first-order chi connectivity index (χ1) is 15.0. The number of aromatic nitrogens is 1. The Morgan fingerprint density at radius 2 is 1.97 bits per heavy atom. The average molecular weight is 455 g/mol. The van der Waals surface area contributed by atoms with Gasteiger partial charge in [-0.1, -0.05) is 35.3 Å². The normalized spacial score (nSPS) is 14.4. The highest BCUT2D eigenvalue weighted by Crippen LogP contribution is 2.30. The van der Waals surface area contributed by atoms with E-state index in [4.69, 9.17) is 23.2 Å². The summed E-state index contributed by atoms with van der Waals surface area (Å²) < 4.78 is 0. The summed E-state index contributed by atoms with van der Waals surface area (Å²) in [5.74, 6) is -0.361. The van der Waals surface area contributed by atoms with Crippen molar-refractivity contribution in [1.29, 1.82) is 0 Å². The Bertz CT molecular complexity index is 1120. The molecule has 3 aromatic rings. The van der Waals surface area contributed by atoms with Crippen LogP contribution in [0.4, 0.5) is 5.69 Å². The van der Waals surface area contributed by atoms with Gasteiger partial charge in [-0.3, -0.25) is 14.8 Å². The molecule has 31 heavy (non-hydrogen) atoms. The van der Waals surface area contributed by atoms with Crippen molar-refractivity contribution in [2.24, 2.45) is 4.99 Å². The molecule has 4 rings (SSSR count). The van der Waals surface area contributed by atoms with E-state index in [2.05, 4.69) is 15.3 Å². The number of pyridine rings is 1. The number of carbonyl (C=O) groups is 1. The number of rotatable bonds is 5. The first-order valence-corrected chi connectivity index (χ1v) is 10.5. The van der Waals surface area contributed by atoms with E-state index < -0.39 is 6.23 Å². The molecule has 1 aliphatic rings. The van der Waals surface area contributed by atoms with Gasteiger partial charge in [-0.2, -0.15) is 0 Å². The molecular weight excluding hydrogens is 435 g/mol. The molecule has 1 aliphatic heterocycles. The van der Waals surface area contributed by atoms with Crippen molar-refractivity contribution in [2.75, 3.05) is 18.4 Å². The predicted octanol–water partition coefficient (Wildman–Crippen LogP) is 5.03. The summed E-state index contributed by atoms with van der Waals surface area (Å²) >= 11 is 12.7. The first kappa shape index (κ1) is 21.3. The van der Waals surface area contributed by atoms with Crippen LogP contribution in [0.25, 0.3) is 11.3 Å². The summed E-state index contributed by atoms with van der Waals surface area (Å²) in [6, 6.07) is 15.6. The maximum Gasteiger partial charge on any atom is 0.257 e. The maximum atomic E-state index is 12.8. The van der Waals surface area contributed by atoms with Crippen molar-refractivity contribution < 1.29 is 9.90 Å². The number of nitrogens with zero attached hydrogens (tertiary/aromatic N) is 3. The third-order valence-corrected chi connectivity index (χ3v) is 5.59. The highest BCUT2D eigenvalue weighted by molar-refractivity contribution is 6.35. The number of aliphatic hydroxyl groups is 1. The molecular formula is C23H20Cl2N4O2. The average Bonchev–Trinajstić information content (AvgIpc) is 2.80. The number of halogens is 2. The van der Waals surface area contributed by atoms with Gasteiger partial charge < -0.3 is 15.3 Å². The Morgan fingerprint density at radius 3 is 2.68 bits per heavy atom. The molecule has 1 unspecified atom stereocenters. The van der Waals surface area contributed by atoms with E-state index in [0.717, 1.165) is 13.0 Å². The molecule has 2 aromatic carbocycles. The Labute approximate surface area is 190 Å². The van der Waals surface area contributed by atoms with Gasteiger partial charge in [-0.05, 0) is 48.9 Å². The lowest BCUT2D eigenvalue weighted by Gasteiger charge is -2.28. The van der Waals surface area contributed by atoms with E-state index in [-0.39, 0.29) is 10.9 Å². The predicted molar refractivity (Wildman–Crippen MR) is 124 cm³/mol. The Kier molecular flexibility index (Phi) is 6.51. The van der Waals surface area contributed by atoms with Crippen molar-refractivity contribution in [3.05, 3.63) is 82.0 Å². The van der Waals surface area contributed by atoms with Gasteiger partial charge in [0.05, 0.1) is 27.6 Å². The Balaban J connectivity index is 1.52. The Morgan fingerprint density at radius 1 is 1.10 bits per heavy atom. The lowest BCUT2D eigenvalue weighted by atomic mass is 10.1. The van der Waals surface area contributed by atoms with E-state index in [9.17, 15) is 9.90 Å². The van der Waals surface area contributed by atoms with Crippen LogP contribution < -0.4 is 5.32 Å². The molecule has 2 N–H and O–H groups in total. The SMILES string of the molecule is O=C(Nc1ccc(Cl)c(-c2ccccn2)c1)c1ccc(C(O)N2C=NCCC2)cc1Cl. The number of nitrogens with one attached hydrogen (secondary N) is 1. The second-order valence-corrected chi connectivity index (χ2v) is 7.90. The van der Waals surface area contributed by atoms with Gasteiger partial charge in [-0.25, -0.2) is 0 Å². The fourth-order valence-electron chi connectivity index (χ4n) is 3.34. The van der Waals surface area contributed by atoms with Crippen LogP contribution in [0.3, 0.4) is 0 Å². The number of hydrogen-bond acceptors (Lipinski definition) is 5. The van der Waals surface area contributed by atoms with E-state index in [1.807, 2.05) is 18.2 Å². The van der Waals surface area contributed by atoms with Gasteiger partial charge in [0.1, 0.15) is 0 Å². The summed E-state index contributed by atoms with van der Waals surface area (Å²) in [4.78, 5) is 23.0. The van der Waals surface area contributed by atoms with Crippen LogP contribution in [-0.4, -0.2) is 40.3 Å². The van der Waals surface area contributed by atoms with Crippen LogP contribution in [0.5, 0.6) is 0 Å². The van der Waals surface area contributed by atoms with Crippen LogP contribution in [-0.2, 0) is 0 Å². The highest BCUT2D eigenvalue weighted by atomic mass is 35.5. The molecule has 158 valence electrons. The molecule has 0 saturated carbocycles. The third kappa shape index (κ3) is 4.88. The molecule has 1 aromatic heterocycles. The van der Waals surface area contributed by atoms with Crippen LogP contribution >= 0.6 is 23.2 Å². The molecule has 0 radical (unpaired) electrons. The Hall–Kier alpha value is -2.93. The number of aliphatic hydroxyl groups excluding tert-OH is 1. The molecule has 1 atom stereocenters. The summed E-state index contributed by atoms with van der Waals surface area (Å²) in [7, 11) is 0. The summed E-state index contributed by atoms with van der Waals surface area (Å²) in [6.45, 7) is 1.47. The number of anilines is 1. The van der Waals surface area contributed by atoms with Gasteiger partial charge in [0, 0.05) is 36.1 Å². The van der Waals surface area contributed by atoms with E-state index in [0.29, 0.717) is 39.6 Å². The maximum absolute atomic E-state index is 12.8. The number of carbonyl (C=O) groups excluding carboxylic acids is 1. The second-order valence-electron chi connectivity index (χ2n) is 7.09.